The van der Waals surface area contributed by atoms with Crippen LogP contribution in [-0.2, 0) is 4.79 Å². The van der Waals surface area contributed by atoms with E-state index in [1.165, 1.54) is 5.56 Å². The predicted octanol–water partition coefficient (Wildman–Crippen LogP) is 3.28. The van der Waals surface area contributed by atoms with Crippen molar-refractivity contribution in [2.24, 2.45) is 5.92 Å². The fourth-order valence-electron chi connectivity index (χ4n) is 2.03. The molecule has 0 saturated heterocycles. The smallest absolute Gasteiger partial charge is 0.234 e. The van der Waals surface area contributed by atoms with Crippen LogP contribution in [0.5, 0.6) is 0 Å². The van der Waals surface area contributed by atoms with Gasteiger partial charge in [0, 0.05) is 5.54 Å². The normalized spacial score (nSPS) is 13.3. The zero-order chi connectivity index (χ0) is 15.2. The van der Waals surface area contributed by atoms with Crippen LogP contribution in [0.1, 0.15) is 52.6 Å². The Morgan fingerprint density at radius 3 is 2.25 bits per heavy atom. The van der Waals surface area contributed by atoms with Gasteiger partial charge in [-0.25, -0.2) is 0 Å². The Hall–Kier alpha value is -1.35. The van der Waals surface area contributed by atoms with Crippen molar-refractivity contribution in [2.75, 3.05) is 6.54 Å². The highest BCUT2D eigenvalue weighted by Crippen LogP contribution is 2.20. The maximum atomic E-state index is 12.1. The van der Waals surface area contributed by atoms with Gasteiger partial charge in [-0.15, -0.1) is 0 Å². The lowest BCUT2D eigenvalue weighted by atomic mass is 9.97. The third-order valence-corrected chi connectivity index (χ3v) is 3.02. The molecule has 0 bridgehead atoms. The van der Waals surface area contributed by atoms with Gasteiger partial charge in [-0.1, -0.05) is 44.2 Å². The largest absolute Gasteiger partial charge is 0.348 e. The van der Waals surface area contributed by atoms with Crippen molar-refractivity contribution < 1.29 is 4.79 Å². The maximum Gasteiger partial charge on any atom is 0.234 e. The highest BCUT2D eigenvalue weighted by atomic mass is 16.2. The predicted molar refractivity (Wildman–Crippen MR) is 84.5 cm³/mol. The maximum absolute atomic E-state index is 12.1. The number of nitrogens with one attached hydrogen (secondary N) is 2. The zero-order valence-corrected chi connectivity index (χ0v) is 13.4. The van der Waals surface area contributed by atoms with Crippen LogP contribution in [-0.4, -0.2) is 18.0 Å². The second-order valence-electron chi connectivity index (χ2n) is 6.76. The zero-order valence-electron chi connectivity index (χ0n) is 13.4. The van der Waals surface area contributed by atoms with Gasteiger partial charge in [0.2, 0.25) is 5.91 Å². The van der Waals surface area contributed by atoms with Gasteiger partial charge >= 0.3 is 0 Å². The summed E-state index contributed by atoms with van der Waals surface area (Å²) in [7, 11) is 0. The number of hydrogen-bond acceptors (Lipinski definition) is 2. The molecule has 0 aromatic heterocycles. The molecule has 1 aromatic rings. The van der Waals surface area contributed by atoms with Crippen molar-refractivity contribution in [3.63, 3.8) is 0 Å². The van der Waals surface area contributed by atoms with Crippen molar-refractivity contribution in [3.05, 3.63) is 35.9 Å². The molecule has 3 heteroatoms. The molecule has 0 aliphatic heterocycles. The Morgan fingerprint density at radius 1 is 1.15 bits per heavy atom. The van der Waals surface area contributed by atoms with Gasteiger partial charge in [-0.3, -0.25) is 4.79 Å². The van der Waals surface area contributed by atoms with Gasteiger partial charge in [-0.2, -0.15) is 0 Å². The van der Waals surface area contributed by atoms with Gasteiger partial charge in [0.25, 0.3) is 0 Å². The second kappa shape index (κ2) is 7.44. The molecule has 3 nitrogen and oxygen atoms in total. The number of amides is 1. The average Bonchev–Trinajstić information content (AvgIpc) is 2.35. The Balaban J connectivity index is 2.64. The summed E-state index contributed by atoms with van der Waals surface area (Å²) in [5.41, 5.74) is 1.13. The number of hydrogen-bond donors (Lipinski definition) is 2. The van der Waals surface area contributed by atoms with Crippen LogP contribution in [0.4, 0.5) is 0 Å². The van der Waals surface area contributed by atoms with Gasteiger partial charge < -0.3 is 10.6 Å². The fourth-order valence-corrected chi connectivity index (χ4v) is 2.03. The summed E-state index contributed by atoms with van der Waals surface area (Å²) < 4.78 is 0. The first kappa shape index (κ1) is 16.7. The first-order chi connectivity index (χ1) is 9.28. The molecule has 0 aliphatic rings. The van der Waals surface area contributed by atoms with E-state index in [0.29, 0.717) is 12.5 Å². The first-order valence-electron chi connectivity index (χ1n) is 7.37. The van der Waals surface area contributed by atoms with E-state index in [1.807, 2.05) is 18.2 Å². The molecule has 1 unspecified atom stereocenters. The van der Waals surface area contributed by atoms with Crippen molar-refractivity contribution in [1.29, 1.82) is 0 Å². The summed E-state index contributed by atoms with van der Waals surface area (Å²) in [5.74, 6) is 0.588. The van der Waals surface area contributed by atoms with E-state index in [4.69, 9.17) is 0 Å². The molecular formula is C17H28N2O. The van der Waals surface area contributed by atoms with Gasteiger partial charge in [-0.05, 0) is 38.7 Å². The van der Waals surface area contributed by atoms with Gasteiger partial charge in [0.05, 0.1) is 12.6 Å². The summed E-state index contributed by atoms with van der Waals surface area (Å²) in [6.45, 7) is 10.9. The van der Waals surface area contributed by atoms with Gasteiger partial charge in [0.1, 0.15) is 0 Å². The summed E-state index contributed by atoms with van der Waals surface area (Å²) in [4.78, 5) is 12.1. The first-order valence-corrected chi connectivity index (χ1v) is 7.37. The molecule has 1 rings (SSSR count). The molecule has 0 aliphatic carbocycles. The number of benzene rings is 1. The quantitative estimate of drug-likeness (QED) is 0.837. The molecule has 1 amide bonds. The molecule has 0 spiro atoms. The average molecular weight is 276 g/mol. The number of carbonyl (C=O) groups is 1. The Bertz CT molecular complexity index is 407. The molecule has 1 aromatic carbocycles. The fraction of sp³-hybridized carbons (Fsp3) is 0.588. The molecular weight excluding hydrogens is 248 g/mol. The summed E-state index contributed by atoms with van der Waals surface area (Å²) >= 11 is 0. The highest BCUT2D eigenvalue weighted by Gasteiger charge is 2.17. The SMILES string of the molecule is CC(C)CC(NC(=O)CNC(C)(C)C)c1ccccc1. The summed E-state index contributed by atoms with van der Waals surface area (Å²) in [5, 5.41) is 6.36. The van der Waals surface area contributed by atoms with Crippen LogP contribution in [0.15, 0.2) is 30.3 Å². The minimum absolute atomic E-state index is 0.0440. The number of rotatable bonds is 6. The van der Waals surface area contributed by atoms with E-state index in [2.05, 4.69) is 57.4 Å². The van der Waals surface area contributed by atoms with Crippen molar-refractivity contribution in [2.45, 2.75) is 52.6 Å². The molecule has 0 saturated carbocycles. The minimum atomic E-state index is -0.0440. The van der Waals surface area contributed by atoms with E-state index >= 15 is 0 Å². The van der Waals surface area contributed by atoms with Crippen LogP contribution in [0.3, 0.4) is 0 Å². The standard InChI is InChI=1S/C17H28N2O/c1-13(2)11-15(14-9-7-6-8-10-14)19-16(20)12-18-17(3,4)5/h6-10,13,15,18H,11-12H2,1-5H3,(H,19,20). The van der Waals surface area contributed by atoms with Gasteiger partial charge in [0.15, 0.2) is 0 Å². The third-order valence-electron chi connectivity index (χ3n) is 3.02. The lowest BCUT2D eigenvalue weighted by Crippen LogP contribution is -2.44. The Labute approximate surface area is 123 Å². The minimum Gasteiger partial charge on any atom is -0.348 e. The van der Waals surface area contributed by atoms with Crippen molar-refractivity contribution in [3.8, 4) is 0 Å². The van der Waals surface area contributed by atoms with Crippen LogP contribution in [0, 0.1) is 5.92 Å². The highest BCUT2D eigenvalue weighted by molar-refractivity contribution is 5.78. The monoisotopic (exact) mass is 276 g/mol. The lowest BCUT2D eigenvalue weighted by Gasteiger charge is -2.24. The summed E-state index contributed by atoms with van der Waals surface area (Å²) in [6.07, 6.45) is 0.950. The molecule has 0 fully saturated rings. The van der Waals surface area contributed by atoms with Crippen LogP contribution >= 0.6 is 0 Å². The van der Waals surface area contributed by atoms with E-state index in [0.717, 1.165) is 6.42 Å². The molecule has 0 radical (unpaired) electrons. The second-order valence-corrected chi connectivity index (χ2v) is 6.76. The topological polar surface area (TPSA) is 41.1 Å². The van der Waals surface area contributed by atoms with E-state index < -0.39 is 0 Å². The Kier molecular flexibility index (Phi) is 6.21. The summed E-state index contributed by atoms with van der Waals surface area (Å²) in [6, 6.07) is 10.3. The molecule has 2 N–H and O–H groups in total. The van der Waals surface area contributed by atoms with Crippen LogP contribution in [0.2, 0.25) is 0 Å². The molecule has 112 valence electrons. The third kappa shape index (κ3) is 6.71. The van der Waals surface area contributed by atoms with Crippen LogP contribution < -0.4 is 10.6 Å². The lowest BCUT2D eigenvalue weighted by molar-refractivity contribution is -0.121. The van der Waals surface area contributed by atoms with E-state index in [1.54, 1.807) is 0 Å². The molecule has 0 heterocycles. The molecule has 20 heavy (non-hydrogen) atoms. The Morgan fingerprint density at radius 2 is 1.75 bits per heavy atom. The van der Waals surface area contributed by atoms with E-state index in [9.17, 15) is 4.79 Å². The number of carbonyl (C=O) groups excluding carboxylic acids is 1. The van der Waals surface area contributed by atoms with Crippen molar-refractivity contribution >= 4 is 5.91 Å². The van der Waals surface area contributed by atoms with Crippen LogP contribution in [0.25, 0.3) is 0 Å². The van der Waals surface area contributed by atoms with Crippen molar-refractivity contribution in [1.82, 2.24) is 10.6 Å². The molecule has 1 atom stereocenters. The van der Waals surface area contributed by atoms with E-state index in [-0.39, 0.29) is 17.5 Å².